The fraction of sp³-hybridized carbons (Fsp3) is 0.286. The topological polar surface area (TPSA) is 15.7 Å². The molecule has 31 heavy (non-hydrogen) atoms. The van der Waals surface area contributed by atoms with Gasteiger partial charge in [-0.2, -0.15) is 0 Å². The van der Waals surface area contributed by atoms with Crippen LogP contribution in [0.2, 0.25) is 0 Å². The van der Waals surface area contributed by atoms with Crippen molar-refractivity contribution in [2.24, 2.45) is 0 Å². The molecule has 3 rings (SSSR count). The number of hydrogen-bond donors (Lipinski definition) is 0. The fourth-order valence-electron chi connectivity index (χ4n) is 3.71. The van der Waals surface area contributed by atoms with Gasteiger partial charge in [-0.15, -0.1) is 0 Å². The van der Waals surface area contributed by atoms with Crippen LogP contribution in [0.15, 0.2) is 91.0 Å². The second-order valence-electron chi connectivity index (χ2n) is 8.10. The Morgan fingerprint density at radius 2 is 1.35 bits per heavy atom. The van der Waals surface area contributed by atoms with E-state index in [0.29, 0.717) is 6.04 Å². The lowest BCUT2D eigenvalue weighted by molar-refractivity contribution is 0.209. The molecule has 3 nitrogen and oxygen atoms in total. The van der Waals surface area contributed by atoms with E-state index in [4.69, 9.17) is 4.74 Å². The Labute approximate surface area is 187 Å². The zero-order chi connectivity index (χ0) is 22.1. The van der Waals surface area contributed by atoms with Gasteiger partial charge in [-0.1, -0.05) is 78.9 Å². The summed E-state index contributed by atoms with van der Waals surface area (Å²) in [6.45, 7) is 5.17. The number of hydrogen-bond acceptors (Lipinski definition) is 3. The van der Waals surface area contributed by atoms with Gasteiger partial charge in [0.15, 0.2) is 0 Å². The Balaban J connectivity index is 1.89. The van der Waals surface area contributed by atoms with Crippen LogP contribution in [0.25, 0.3) is 5.57 Å². The zero-order valence-corrected chi connectivity index (χ0v) is 19.2. The first kappa shape index (κ1) is 22.8. The molecule has 0 aromatic heterocycles. The quantitative estimate of drug-likeness (QED) is 0.420. The standard InChI is InChI=1S/C28H34N2O/c1-23(24-15-17-27(31-4)18-16-24)30(22-21-29(2)3)20-19-28(25-11-7-5-8-12-25)26-13-9-6-10-14-26/h5-19,23H,20-22H2,1-4H3/t23-/m0/s1. The van der Waals surface area contributed by atoms with E-state index < -0.39 is 0 Å². The monoisotopic (exact) mass is 414 g/mol. The minimum Gasteiger partial charge on any atom is -0.497 e. The fourth-order valence-corrected chi connectivity index (χ4v) is 3.71. The van der Waals surface area contributed by atoms with Crippen molar-refractivity contribution >= 4 is 5.57 Å². The summed E-state index contributed by atoms with van der Waals surface area (Å²) >= 11 is 0. The lowest BCUT2D eigenvalue weighted by Gasteiger charge is -2.30. The third-order valence-corrected chi connectivity index (χ3v) is 5.68. The highest BCUT2D eigenvalue weighted by molar-refractivity contribution is 5.79. The van der Waals surface area contributed by atoms with Crippen molar-refractivity contribution in [2.75, 3.05) is 40.8 Å². The maximum Gasteiger partial charge on any atom is 0.118 e. The molecule has 0 aliphatic rings. The van der Waals surface area contributed by atoms with E-state index in [0.717, 1.165) is 25.4 Å². The number of benzene rings is 3. The molecule has 0 fully saturated rings. The predicted octanol–water partition coefficient (Wildman–Crippen LogP) is 5.75. The average molecular weight is 415 g/mol. The number of nitrogens with zero attached hydrogens (tertiary/aromatic N) is 2. The summed E-state index contributed by atoms with van der Waals surface area (Å²) in [6, 6.07) is 30.1. The summed E-state index contributed by atoms with van der Waals surface area (Å²) in [5.74, 6) is 0.895. The van der Waals surface area contributed by atoms with E-state index >= 15 is 0 Å². The van der Waals surface area contributed by atoms with E-state index in [1.165, 1.54) is 22.3 Å². The van der Waals surface area contributed by atoms with Crippen molar-refractivity contribution in [3.05, 3.63) is 108 Å². The summed E-state index contributed by atoms with van der Waals surface area (Å²) in [4.78, 5) is 4.78. The van der Waals surface area contributed by atoms with Crippen LogP contribution >= 0.6 is 0 Å². The lowest BCUT2D eigenvalue weighted by Crippen LogP contribution is -2.34. The molecule has 3 aromatic rings. The summed E-state index contributed by atoms with van der Waals surface area (Å²) in [7, 11) is 5.97. The van der Waals surface area contributed by atoms with Gasteiger partial charge < -0.3 is 9.64 Å². The Morgan fingerprint density at radius 3 is 1.84 bits per heavy atom. The smallest absolute Gasteiger partial charge is 0.118 e. The molecule has 0 N–H and O–H groups in total. The van der Waals surface area contributed by atoms with Gasteiger partial charge in [0, 0.05) is 25.7 Å². The molecule has 3 heteroatoms. The van der Waals surface area contributed by atoms with E-state index in [1.807, 2.05) is 12.1 Å². The maximum atomic E-state index is 5.34. The van der Waals surface area contributed by atoms with E-state index in [9.17, 15) is 0 Å². The number of likely N-dealkylation sites (N-methyl/N-ethyl adjacent to an activating group) is 1. The lowest BCUT2D eigenvalue weighted by atomic mass is 9.97. The Morgan fingerprint density at radius 1 is 0.806 bits per heavy atom. The minimum atomic E-state index is 0.301. The largest absolute Gasteiger partial charge is 0.497 e. The number of ether oxygens (including phenoxy) is 1. The molecule has 0 unspecified atom stereocenters. The molecule has 0 spiro atoms. The number of rotatable bonds is 10. The predicted molar refractivity (Wildman–Crippen MR) is 131 cm³/mol. The van der Waals surface area contributed by atoms with Crippen molar-refractivity contribution in [1.82, 2.24) is 9.80 Å². The zero-order valence-electron chi connectivity index (χ0n) is 19.2. The van der Waals surface area contributed by atoms with Crippen LogP contribution in [0, 0.1) is 0 Å². The third-order valence-electron chi connectivity index (χ3n) is 5.68. The minimum absolute atomic E-state index is 0.301. The summed E-state index contributed by atoms with van der Waals surface area (Å²) in [6.07, 6.45) is 2.38. The van der Waals surface area contributed by atoms with Crippen molar-refractivity contribution in [2.45, 2.75) is 13.0 Å². The van der Waals surface area contributed by atoms with Crippen LogP contribution in [-0.4, -0.2) is 50.6 Å². The highest BCUT2D eigenvalue weighted by Crippen LogP contribution is 2.26. The van der Waals surface area contributed by atoms with Crippen LogP contribution in [0.3, 0.4) is 0 Å². The maximum absolute atomic E-state index is 5.34. The van der Waals surface area contributed by atoms with Crippen LogP contribution in [0.5, 0.6) is 5.75 Å². The molecule has 0 saturated heterocycles. The Kier molecular flexibility index (Phi) is 8.45. The molecule has 0 saturated carbocycles. The average Bonchev–Trinajstić information content (AvgIpc) is 2.82. The van der Waals surface area contributed by atoms with Gasteiger partial charge in [0.25, 0.3) is 0 Å². The Hall–Kier alpha value is -2.88. The van der Waals surface area contributed by atoms with Gasteiger partial charge in [-0.05, 0) is 55.4 Å². The Bertz CT molecular complexity index is 892. The van der Waals surface area contributed by atoms with Gasteiger partial charge in [0.05, 0.1) is 7.11 Å². The SMILES string of the molecule is COc1ccc([C@H](C)N(CC=C(c2ccccc2)c2ccccc2)CCN(C)C)cc1. The third kappa shape index (κ3) is 6.55. The molecule has 3 aromatic carbocycles. The van der Waals surface area contributed by atoms with Crippen LogP contribution in [0.1, 0.15) is 29.7 Å². The second kappa shape index (κ2) is 11.5. The first-order valence-electron chi connectivity index (χ1n) is 10.9. The van der Waals surface area contributed by atoms with E-state index in [-0.39, 0.29) is 0 Å². The van der Waals surface area contributed by atoms with Crippen molar-refractivity contribution in [1.29, 1.82) is 0 Å². The normalized spacial score (nSPS) is 12.1. The van der Waals surface area contributed by atoms with Crippen molar-refractivity contribution in [3.63, 3.8) is 0 Å². The summed E-state index contributed by atoms with van der Waals surface area (Å²) < 4.78 is 5.34. The van der Waals surface area contributed by atoms with Gasteiger partial charge >= 0.3 is 0 Å². The molecule has 0 aliphatic heterocycles. The molecule has 0 bridgehead atoms. The molecular weight excluding hydrogens is 380 g/mol. The summed E-state index contributed by atoms with van der Waals surface area (Å²) in [5.41, 5.74) is 5.07. The molecule has 0 amide bonds. The van der Waals surface area contributed by atoms with E-state index in [2.05, 4.69) is 110 Å². The van der Waals surface area contributed by atoms with Crippen molar-refractivity contribution < 1.29 is 4.74 Å². The first-order chi connectivity index (χ1) is 15.1. The summed E-state index contributed by atoms with van der Waals surface area (Å²) in [5, 5.41) is 0. The molecule has 162 valence electrons. The second-order valence-corrected chi connectivity index (χ2v) is 8.10. The van der Waals surface area contributed by atoms with E-state index in [1.54, 1.807) is 7.11 Å². The molecule has 0 aliphatic carbocycles. The number of methoxy groups -OCH3 is 1. The highest BCUT2D eigenvalue weighted by atomic mass is 16.5. The van der Waals surface area contributed by atoms with Gasteiger partial charge in [-0.3, -0.25) is 4.90 Å². The molecule has 0 radical (unpaired) electrons. The molecular formula is C28H34N2O. The van der Waals surface area contributed by atoms with Crippen LogP contribution < -0.4 is 4.74 Å². The van der Waals surface area contributed by atoms with Crippen LogP contribution in [0.4, 0.5) is 0 Å². The molecule has 1 atom stereocenters. The van der Waals surface area contributed by atoms with Gasteiger partial charge in [-0.25, -0.2) is 0 Å². The first-order valence-corrected chi connectivity index (χ1v) is 10.9. The van der Waals surface area contributed by atoms with Gasteiger partial charge in [0.2, 0.25) is 0 Å². The van der Waals surface area contributed by atoms with Crippen molar-refractivity contribution in [3.8, 4) is 5.75 Å². The highest BCUT2D eigenvalue weighted by Gasteiger charge is 2.16. The van der Waals surface area contributed by atoms with Gasteiger partial charge in [0.1, 0.15) is 5.75 Å². The van der Waals surface area contributed by atoms with Crippen LogP contribution in [-0.2, 0) is 0 Å². The molecule has 0 heterocycles.